The second-order valence-corrected chi connectivity index (χ2v) is 4.87. The molecule has 0 radical (unpaired) electrons. The largest absolute Gasteiger partial charge is 0.480 e. The summed E-state index contributed by atoms with van der Waals surface area (Å²) in [4.78, 5) is 24.3. The number of carbonyl (C=O) groups is 2. The molecule has 1 aromatic rings. The third kappa shape index (κ3) is 3.69. The number of amides is 2. The van der Waals surface area contributed by atoms with Crippen molar-refractivity contribution in [2.24, 2.45) is 0 Å². The van der Waals surface area contributed by atoms with Crippen molar-refractivity contribution in [1.29, 1.82) is 0 Å². The molecule has 0 aliphatic rings. The van der Waals surface area contributed by atoms with Crippen molar-refractivity contribution in [2.75, 3.05) is 7.05 Å². The van der Waals surface area contributed by atoms with E-state index in [1.54, 1.807) is 25.1 Å². The molecule has 2 N–H and O–H groups in total. The van der Waals surface area contributed by atoms with E-state index in [2.05, 4.69) is 5.32 Å². The molecule has 0 fully saturated rings. The smallest absolute Gasteiger partial charge is 0.329 e. The quantitative estimate of drug-likeness (QED) is 0.870. The van der Waals surface area contributed by atoms with Crippen LogP contribution in [0.4, 0.5) is 9.18 Å². The lowest BCUT2D eigenvalue weighted by Gasteiger charge is -2.28. The highest BCUT2D eigenvalue weighted by Gasteiger charge is 2.33. The van der Waals surface area contributed by atoms with Crippen LogP contribution in [0.1, 0.15) is 25.8 Å². The first-order valence-corrected chi connectivity index (χ1v) is 6.30. The normalized spacial score (nSPS) is 13.4. The fourth-order valence-corrected chi connectivity index (χ4v) is 1.58. The number of hydrogen-bond acceptors (Lipinski definition) is 2. The number of halogens is 1. The zero-order valence-corrected chi connectivity index (χ0v) is 11.8. The van der Waals surface area contributed by atoms with Gasteiger partial charge in [0.2, 0.25) is 0 Å². The monoisotopic (exact) mass is 282 g/mol. The number of hydrogen-bond donors (Lipinski definition) is 2. The fourth-order valence-electron chi connectivity index (χ4n) is 1.58. The zero-order valence-electron chi connectivity index (χ0n) is 11.8. The maximum absolute atomic E-state index is 13.5. The highest BCUT2D eigenvalue weighted by Crippen LogP contribution is 2.12. The topological polar surface area (TPSA) is 69.6 Å². The fraction of sp³-hybridized carbons (Fsp3) is 0.429. The summed E-state index contributed by atoms with van der Waals surface area (Å²) in [6.45, 7) is 3.17. The molecule has 0 aliphatic heterocycles. The van der Waals surface area contributed by atoms with Crippen molar-refractivity contribution in [1.82, 2.24) is 10.2 Å². The summed E-state index contributed by atoms with van der Waals surface area (Å²) in [6.07, 6.45) is 0.252. The Bertz CT molecular complexity index is 507. The Morgan fingerprint density at radius 3 is 2.50 bits per heavy atom. The Labute approximate surface area is 117 Å². The van der Waals surface area contributed by atoms with E-state index in [0.717, 1.165) is 0 Å². The van der Waals surface area contributed by atoms with Gasteiger partial charge in [0.15, 0.2) is 0 Å². The lowest BCUT2D eigenvalue weighted by molar-refractivity contribution is -0.143. The lowest BCUT2D eigenvalue weighted by atomic mass is 10.00. The Kier molecular flexibility index (Phi) is 5.07. The van der Waals surface area contributed by atoms with Crippen molar-refractivity contribution in [2.45, 2.75) is 32.4 Å². The summed E-state index contributed by atoms with van der Waals surface area (Å²) < 4.78 is 13.5. The maximum Gasteiger partial charge on any atom is 0.329 e. The molecule has 1 unspecified atom stereocenters. The second kappa shape index (κ2) is 6.36. The Morgan fingerprint density at radius 2 is 2.00 bits per heavy atom. The summed E-state index contributed by atoms with van der Waals surface area (Å²) in [5.41, 5.74) is -0.959. The van der Waals surface area contributed by atoms with Crippen LogP contribution < -0.4 is 5.32 Å². The number of urea groups is 1. The van der Waals surface area contributed by atoms with E-state index in [4.69, 9.17) is 5.11 Å². The molecule has 0 spiro atoms. The zero-order chi connectivity index (χ0) is 15.3. The van der Waals surface area contributed by atoms with E-state index < -0.39 is 23.4 Å². The summed E-state index contributed by atoms with van der Waals surface area (Å²) >= 11 is 0. The van der Waals surface area contributed by atoms with Crippen LogP contribution >= 0.6 is 0 Å². The number of nitrogens with one attached hydrogen (secondary N) is 1. The van der Waals surface area contributed by atoms with Gasteiger partial charge in [-0.1, -0.05) is 25.1 Å². The molecule has 0 heterocycles. The van der Waals surface area contributed by atoms with E-state index in [1.165, 1.54) is 24.9 Å². The minimum Gasteiger partial charge on any atom is -0.480 e. The first-order valence-electron chi connectivity index (χ1n) is 6.30. The molecule has 1 aromatic carbocycles. The van der Waals surface area contributed by atoms with Crippen LogP contribution in [0, 0.1) is 5.82 Å². The molecular formula is C14H19FN2O3. The van der Waals surface area contributed by atoms with Crippen LogP contribution in [0.3, 0.4) is 0 Å². The van der Waals surface area contributed by atoms with Crippen LogP contribution in [0.15, 0.2) is 24.3 Å². The minimum atomic E-state index is -1.33. The molecule has 1 rings (SSSR count). The molecule has 110 valence electrons. The van der Waals surface area contributed by atoms with E-state index in [1.807, 2.05) is 0 Å². The molecular weight excluding hydrogens is 263 g/mol. The average molecular weight is 282 g/mol. The predicted molar refractivity (Wildman–Crippen MR) is 72.7 cm³/mol. The van der Waals surface area contributed by atoms with E-state index >= 15 is 0 Å². The van der Waals surface area contributed by atoms with Gasteiger partial charge in [0.25, 0.3) is 0 Å². The highest BCUT2D eigenvalue weighted by molar-refractivity contribution is 5.85. The highest BCUT2D eigenvalue weighted by atomic mass is 19.1. The van der Waals surface area contributed by atoms with Gasteiger partial charge in [-0.25, -0.2) is 14.0 Å². The van der Waals surface area contributed by atoms with Crippen molar-refractivity contribution in [3.05, 3.63) is 35.6 Å². The van der Waals surface area contributed by atoms with Gasteiger partial charge in [-0.2, -0.15) is 0 Å². The van der Waals surface area contributed by atoms with Gasteiger partial charge >= 0.3 is 12.0 Å². The predicted octanol–water partition coefficient (Wildman–Crippen LogP) is 2.22. The van der Waals surface area contributed by atoms with Crippen LogP contribution in [0.5, 0.6) is 0 Å². The van der Waals surface area contributed by atoms with Crippen LogP contribution in [0.2, 0.25) is 0 Å². The van der Waals surface area contributed by atoms with Gasteiger partial charge in [-0.3, -0.25) is 0 Å². The number of aliphatic carboxylic acids is 1. The summed E-state index contributed by atoms with van der Waals surface area (Å²) in [7, 11) is 1.49. The molecule has 2 amide bonds. The van der Waals surface area contributed by atoms with Gasteiger partial charge in [0.05, 0.1) is 0 Å². The molecule has 6 heteroatoms. The summed E-state index contributed by atoms with van der Waals surface area (Å²) in [5.74, 6) is -1.50. The molecule has 20 heavy (non-hydrogen) atoms. The minimum absolute atomic E-state index is 0.0674. The SMILES string of the molecule is CCC(C)(NC(=O)N(C)Cc1ccccc1F)C(=O)O. The van der Waals surface area contributed by atoms with Gasteiger partial charge in [-0.15, -0.1) is 0 Å². The molecule has 1 atom stereocenters. The number of nitrogens with zero attached hydrogens (tertiary/aromatic N) is 1. The van der Waals surface area contributed by atoms with E-state index in [9.17, 15) is 14.0 Å². The summed E-state index contributed by atoms with van der Waals surface area (Å²) in [5, 5.41) is 11.6. The van der Waals surface area contributed by atoms with Gasteiger partial charge in [0, 0.05) is 19.2 Å². The maximum atomic E-state index is 13.5. The van der Waals surface area contributed by atoms with Crippen molar-refractivity contribution < 1.29 is 19.1 Å². The van der Waals surface area contributed by atoms with Crippen LogP contribution in [0.25, 0.3) is 0 Å². The molecule has 0 bridgehead atoms. The Morgan fingerprint density at radius 1 is 1.40 bits per heavy atom. The molecule has 0 saturated heterocycles. The van der Waals surface area contributed by atoms with Crippen molar-refractivity contribution >= 4 is 12.0 Å². The standard InChI is InChI=1S/C14H19FN2O3/c1-4-14(2,12(18)19)16-13(20)17(3)9-10-7-5-6-8-11(10)15/h5-8H,4,9H2,1-3H3,(H,16,20)(H,18,19). The summed E-state index contributed by atoms with van der Waals surface area (Å²) in [6, 6.07) is 5.58. The third-order valence-electron chi connectivity index (χ3n) is 3.27. The first kappa shape index (κ1) is 15.9. The molecule has 5 nitrogen and oxygen atoms in total. The van der Waals surface area contributed by atoms with Gasteiger partial charge in [-0.05, 0) is 19.4 Å². The second-order valence-electron chi connectivity index (χ2n) is 4.87. The Hall–Kier alpha value is -2.11. The first-order chi connectivity index (χ1) is 9.30. The van der Waals surface area contributed by atoms with Crippen LogP contribution in [-0.4, -0.2) is 34.6 Å². The third-order valence-corrected chi connectivity index (χ3v) is 3.27. The number of rotatable bonds is 5. The van der Waals surface area contributed by atoms with E-state index in [-0.39, 0.29) is 13.0 Å². The van der Waals surface area contributed by atoms with Crippen molar-refractivity contribution in [3.63, 3.8) is 0 Å². The number of carbonyl (C=O) groups excluding carboxylic acids is 1. The Balaban J connectivity index is 2.73. The molecule has 0 saturated carbocycles. The number of benzene rings is 1. The average Bonchev–Trinajstić information content (AvgIpc) is 2.40. The van der Waals surface area contributed by atoms with E-state index in [0.29, 0.717) is 5.56 Å². The number of carboxylic acids is 1. The van der Waals surface area contributed by atoms with Crippen molar-refractivity contribution in [3.8, 4) is 0 Å². The molecule has 0 aromatic heterocycles. The van der Waals surface area contributed by atoms with Gasteiger partial charge < -0.3 is 15.3 Å². The number of carboxylic acid groups (broad SMARTS) is 1. The van der Waals surface area contributed by atoms with Gasteiger partial charge in [0.1, 0.15) is 11.4 Å². The lowest BCUT2D eigenvalue weighted by Crippen LogP contribution is -2.54. The molecule has 0 aliphatic carbocycles. The van der Waals surface area contributed by atoms with Crippen LogP contribution in [-0.2, 0) is 11.3 Å².